The fourth-order valence-corrected chi connectivity index (χ4v) is 4.65. The van der Waals surface area contributed by atoms with Crippen LogP contribution in [0.5, 0.6) is 0 Å². The Kier molecular flexibility index (Phi) is 30.8. The average molecular weight is 547 g/mol. The minimum atomic E-state index is -0.671. The number of carbonyl (C=O) groups excluding carboxylic acids is 1. The first-order valence-corrected chi connectivity index (χ1v) is 16.5. The summed E-state index contributed by atoms with van der Waals surface area (Å²) in [4.78, 5) is 22.3. The predicted octanol–water partition coefficient (Wildman–Crippen LogP) is 11.1. The van der Waals surface area contributed by atoms with Crippen molar-refractivity contribution in [1.82, 2.24) is 0 Å². The number of allylic oxidation sites excluding steroid dienone is 6. The van der Waals surface area contributed by atoms with Crippen LogP contribution in [0.15, 0.2) is 36.5 Å². The molecule has 4 nitrogen and oxygen atoms in total. The Hall–Kier alpha value is -1.84. The van der Waals surface area contributed by atoms with Gasteiger partial charge >= 0.3 is 11.9 Å². The van der Waals surface area contributed by atoms with E-state index in [1.807, 2.05) is 0 Å². The molecule has 0 radical (unpaired) electrons. The first-order valence-electron chi connectivity index (χ1n) is 16.5. The Morgan fingerprint density at radius 2 is 0.923 bits per heavy atom. The second-order valence-corrected chi connectivity index (χ2v) is 10.9. The van der Waals surface area contributed by atoms with Crippen LogP contribution >= 0.6 is 0 Å². The maximum Gasteiger partial charge on any atom is 0.305 e. The molecule has 0 amide bonds. The zero-order valence-corrected chi connectivity index (χ0v) is 25.5. The molecule has 0 aromatic carbocycles. The second-order valence-electron chi connectivity index (χ2n) is 10.9. The number of carbonyl (C=O) groups is 2. The zero-order valence-electron chi connectivity index (χ0n) is 25.5. The molecule has 0 aliphatic heterocycles. The monoisotopic (exact) mass is 546 g/mol. The highest BCUT2D eigenvalue weighted by molar-refractivity contribution is 5.69. The van der Waals surface area contributed by atoms with Gasteiger partial charge < -0.3 is 9.84 Å². The summed E-state index contributed by atoms with van der Waals surface area (Å²) in [5.74, 6) is -0.688. The molecule has 0 saturated heterocycles. The normalized spacial score (nSPS) is 11.8. The summed E-state index contributed by atoms with van der Waals surface area (Å²) in [5, 5.41) is 8.62. The van der Waals surface area contributed by atoms with Crippen molar-refractivity contribution in [3.8, 4) is 0 Å². The van der Waals surface area contributed by atoms with Gasteiger partial charge in [0.25, 0.3) is 0 Å². The van der Waals surface area contributed by atoms with Crippen molar-refractivity contribution in [2.24, 2.45) is 0 Å². The summed E-state index contributed by atoms with van der Waals surface area (Å²) in [6.45, 7) is 2.75. The zero-order chi connectivity index (χ0) is 28.5. The van der Waals surface area contributed by atoms with E-state index in [1.165, 1.54) is 83.5 Å². The third-order valence-electron chi connectivity index (χ3n) is 7.08. The molecule has 0 aliphatic rings. The van der Waals surface area contributed by atoms with E-state index in [0.29, 0.717) is 19.4 Å². The minimum Gasteiger partial charge on any atom is -0.481 e. The number of hydrogen-bond donors (Lipinski definition) is 1. The van der Waals surface area contributed by atoms with Gasteiger partial charge in [-0.25, -0.2) is 0 Å². The lowest BCUT2D eigenvalue weighted by Crippen LogP contribution is -2.05. The van der Waals surface area contributed by atoms with Gasteiger partial charge in [0.2, 0.25) is 0 Å². The van der Waals surface area contributed by atoms with Gasteiger partial charge in [0.05, 0.1) is 6.61 Å². The van der Waals surface area contributed by atoms with Crippen molar-refractivity contribution in [3.63, 3.8) is 0 Å². The third kappa shape index (κ3) is 34.1. The highest BCUT2D eigenvalue weighted by Crippen LogP contribution is 2.14. The van der Waals surface area contributed by atoms with E-state index in [9.17, 15) is 9.59 Å². The number of hydrogen-bond acceptors (Lipinski definition) is 3. The van der Waals surface area contributed by atoms with Crippen molar-refractivity contribution >= 4 is 11.9 Å². The van der Waals surface area contributed by atoms with Crippen molar-refractivity contribution in [2.45, 2.75) is 167 Å². The average Bonchev–Trinajstić information content (AvgIpc) is 2.92. The molecule has 0 spiro atoms. The molecule has 0 aliphatic carbocycles. The molecule has 4 heteroatoms. The third-order valence-corrected chi connectivity index (χ3v) is 7.08. The maximum absolute atomic E-state index is 11.9. The Morgan fingerprint density at radius 1 is 0.513 bits per heavy atom. The SMILES string of the molecule is CC/C=C\C/C=C\C/C=C\CCCCCCCC(=O)OCCCCCCCCCCCCCCCCC(=O)O. The number of carboxylic acids is 1. The first-order chi connectivity index (χ1) is 19.2. The summed E-state index contributed by atoms with van der Waals surface area (Å²) >= 11 is 0. The number of carboxylic acid groups (broad SMARTS) is 1. The molecule has 0 fully saturated rings. The Balaban J connectivity index is 3.24. The van der Waals surface area contributed by atoms with Crippen LogP contribution in [0.25, 0.3) is 0 Å². The molecule has 39 heavy (non-hydrogen) atoms. The van der Waals surface area contributed by atoms with E-state index in [2.05, 4.69) is 43.4 Å². The van der Waals surface area contributed by atoms with Crippen LogP contribution in [0, 0.1) is 0 Å². The van der Waals surface area contributed by atoms with Gasteiger partial charge in [0, 0.05) is 12.8 Å². The number of unbranched alkanes of at least 4 members (excludes halogenated alkanes) is 18. The van der Waals surface area contributed by atoms with E-state index in [1.54, 1.807) is 0 Å². The Labute approximate surface area is 241 Å². The molecule has 0 heterocycles. The van der Waals surface area contributed by atoms with Gasteiger partial charge in [-0.2, -0.15) is 0 Å². The lowest BCUT2D eigenvalue weighted by Gasteiger charge is -2.05. The van der Waals surface area contributed by atoms with Crippen molar-refractivity contribution in [2.75, 3.05) is 6.61 Å². The van der Waals surface area contributed by atoms with Gasteiger partial charge in [-0.1, -0.05) is 140 Å². The van der Waals surface area contributed by atoms with Gasteiger partial charge in [0.1, 0.15) is 0 Å². The smallest absolute Gasteiger partial charge is 0.305 e. The summed E-state index contributed by atoms with van der Waals surface area (Å²) in [6, 6.07) is 0. The van der Waals surface area contributed by atoms with Crippen molar-refractivity contribution in [3.05, 3.63) is 36.5 Å². The van der Waals surface area contributed by atoms with Crippen LogP contribution in [0.3, 0.4) is 0 Å². The van der Waals surface area contributed by atoms with Crippen LogP contribution in [0.1, 0.15) is 167 Å². The van der Waals surface area contributed by atoms with Gasteiger partial charge in [-0.05, 0) is 51.4 Å². The molecular weight excluding hydrogens is 484 g/mol. The summed E-state index contributed by atoms with van der Waals surface area (Å²) in [7, 11) is 0. The Morgan fingerprint density at radius 3 is 1.44 bits per heavy atom. The molecule has 0 bridgehead atoms. The summed E-state index contributed by atoms with van der Waals surface area (Å²) < 4.78 is 5.40. The van der Waals surface area contributed by atoms with Gasteiger partial charge in [0.15, 0.2) is 0 Å². The molecule has 1 N–H and O–H groups in total. The minimum absolute atomic E-state index is 0.0172. The largest absolute Gasteiger partial charge is 0.481 e. The van der Waals surface area contributed by atoms with Crippen LogP contribution in [0.2, 0.25) is 0 Å². The highest BCUT2D eigenvalue weighted by Gasteiger charge is 2.02. The van der Waals surface area contributed by atoms with Gasteiger partial charge in [-0.15, -0.1) is 0 Å². The van der Waals surface area contributed by atoms with E-state index >= 15 is 0 Å². The fourth-order valence-electron chi connectivity index (χ4n) is 4.65. The van der Waals surface area contributed by atoms with E-state index in [-0.39, 0.29) is 5.97 Å². The first kappa shape index (κ1) is 37.2. The quantitative estimate of drug-likeness (QED) is 0.0553. The van der Waals surface area contributed by atoms with Crippen LogP contribution in [0.4, 0.5) is 0 Å². The summed E-state index contributed by atoms with van der Waals surface area (Å²) in [5.41, 5.74) is 0. The van der Waals surface area contributed by atoms with Gasteiger partial charge in [-0.3, -0.25) is 9.59 Å². The molecule has 0 unspecified atom stereocenters. The molecule has 0 atom stereocenters. The Bertz CT molecular complexity index is 620. The van der Waals surface area contributed by atoms with E-state index in [0.717, 1.165) is 64.2 Å². The second kappa shape index (κ2) is 32.4. The van der Waals surface area contributed by atoms with Crippen molar-refractivity contribution < 1.29 is 19.4 Å². The van der Waals surface area contributed by atoms with Crippen LogP contribution < -0.4 is 0 Å². The van der Waals surface area contributed by atoms with E-state index in [4.69, 9.17) is 9.84 Å². The number of ether oxygens (including phenoxy) is 1. The molecule has 226 valence electrons. The summed E-state index contributed by atoms with van der Waals surface area (Å²) in [6.07, 6.45) is 41.4. The molecule has 0 aromatic heterocycles. The lowest BCUT2D eigenvalue weighted by atomic mass is 10.0. The number of aliphatic carboxylic acids is 1. The van der Waals surface area contributed by atoms with E-state index < -0.39 is 5.97 Å². The molecule has 0 saturated carbocycles. The number of rotatable bonds is 30. The fraction of sp³-hybridized carbons (Fsp3) is 0.771. The lowest BCUT2D eigenvalue weighted by molar-refractivity contribution is -0.144. The standard InChI is InChI=1S/C35H62O4/c1-2-3-4-5-6-7-8-9-10-14-17-20-23-26-29-32-35(38)39-33-30-27-24-21-18-15-12-11-13-16-19-22-25-28-31-34(36)37/h3-4,6-7,9-10H,2,5,8,11-33H2,1H3,(H,36,37)/b4-3-,7-6-,10-9-. The molecular formula is C35H62O4. The van der Waals surface area contributed by atoms with Crippen LogP contribution in [-0.2, 0) is 14.3 Å². The predicted molar refractivity (Wildman–Crippen MR) is 167 cm³/mol. The molecule has 0 aromatic rings. The van der Waals surface area contributed by atoms with Crippen LogP contribution in [-0.4, -0.2) is 23.7 Å². The number of esters is 1. The molecule has 0 rings (SSSR count). The van der Waals surface area contributed by atoms with Crippen molar-refractivity contribution in [1.29, 1.82) is 0 Å². The highest BCUT2D eigenvalue weighted by atomic mass is 16.5. The topological polar surface area (TPSA) is 63.6 Å². The maximum atomic E-state index is 11.9.